The minimum Gasteiger partial charge on any atom is -0.345 e. The molecule has 2 fully saturated rings. The maximum absolute atomic E-state index is 12.7. The molecule has 0 spiro atoms. The van der Waals surface area contributed by atoms with Gasteiger partial charge in [0.1, 0.15) is 0 Å². The molecule has 9 heteroatoms. The van der Waals surface area contributed by atoms with Crippen LogP contribution in [0.5, 0.6) is 0 Å². The van der Waals surface area contributed by atoms with E-state index in [9.17, 15) is 22.8 Å². The molecule has 0 aliphatic carbocycles. The van der Waals surface area contributed by atoms with Crippen molar-refractivity contribution in [2.45, 2.75) is 31.4 Å². The number of hydrogen-bond acceptors (Lipinski definition) is 3. The van der Waals surface area contributed by atoms with Crippen molar-refractivity contribution in [3.05, 3.63) is 17.5 Å². The Balaban J connectivity index is 1.67. The third-order valence-corrected chi connectivity index (χ3v) is 4.75. The van der Waals surface area contributed by atoms with Crippen LogP contribution in [0.15, 0.2) is 6.07 Å². The average molecular weight is 344 g/mol. The summed E-state index contributed by atoms with van der Waals surface area (Å²) in [7, 11) is 1.66. The Kier molecular flexibility index (Phi) is 4.27. The molecular formula is C15H19F3N4O2. The summed E-state index contributed by atoms with van der Waals surface area (Å²) in [5.41, 5.74) is -0.539. The molecule has 2 aliphatic heterocycles. The fraction of sp³-hybridized carbons (Fsp3) is 0.667. The van der Waals surface area contributed by atoms with E-state index in [1.165, 1.54) is 4.90 Å². The zero-order chi connectivity index (χ0) is 17.5. The van der Waals surface area contributed by atoms with Crippen LogP contribution in [-0.2, 0) is 15.8 Å². The second-order valence-corrected chi connectivity index (χ2v) is 6.50. The number of carbonyl (C=O) groups is 2. The summed E-state index contributed by atoms with van der Waals surface area (Å²) in [5.74, 6) is -0.687. The Labute approximate surface area is 137 Å². The molecule has 24 heavy (non-hydrogen) atoms. The number of H-pyrrole nitrogens is 1. The molecule has 132 valence electrons. The Hall–Kier alpha value is -2.06. The van der Waals surface area contributed by atoms with E-state index in [0.717, 1.165) is 6.07 Å². The van der Waals surface area contributed by atoms with E-state index < -0.39 is 11.9 Å². The molecule has 2 saturated heterocycles. The lowest BCUT2D eigenvalue weighted by Gasteiger charge is -2.33. The normalized spacial score (nSPS) is 25.4. The van der Waals surface area contributed by atoms with Gasteiger partial charge in [0, 0.05) is 44.7 Å². The number of aromatic nitrogens is 2. The molecule has 0 radical (unpaired) electrons. The van der Waals surface area contributed by atoms with E-state index in [-0.39, 0.29) is 30.1 Å². The number of halogens is 3. The molecule has 2 atom stereocenters. The Bertz CT molecular complexity index is 643. The predicted molar refractivity (Wildman–Crippen MR) is 77.9 cm³/mol. The number of nitrogens with one attached hydrogen (secondary N) is 1. The Morgan fingerprint density at radius 3 is 2.71 bits per heavy atom. The summed E-state index contributed by atoms with van der Waals surface area (Å²) in [6.45, 7) is 1.33. The van der Waals surface area contributed by atoms with Crippen molar-refractivity contribution in [3.63, 3.8) is 0 Å². The maximum Gasteiger partial charge on any atom is 0.435 e. The van der Waals surface area contributed by atoms with E-state index in [2.05, 4.69) is 10.2 Å². The molecular weight excluding hydrogens is 325 g/mol. The highest BCUT2D eigenvalue weighted by Gasteiger charge is 2.38. The summed E-state index contributed by atoms with van der Waals surface area (Å²) in [5, 5.41) is 5.78. The van der Waals surface area contributed by atoms with E-state index in [0.29, 0.717) is 38.2 Å². The van der Waals surface area contributed by atoms with Crippen molar-refractivity contribution in [1.82, 2.24) is 20.0 Å². The molecule has 6 nitrogen and oxygen atoms in total. The minimum atomic E-state index is -4.48. The van der Waals surface area contributed by atoms with Gasteiger partial charge in [-0.2, -0.15) is 18.3 Å². The second kappa shape index (κ2) is 6.10. The summed E-state index contributed by atoms with van der Waals surface area (Å²) in [6.07, 6.45) is -2.85. The number of piperidine rings is 1. The molecule has 1 aromatic heterocycles. The molecule has 1 aromatic rings. The standard InChI is InChI=1S/C15H19F3N4O2/c1-21-7-10(5-13(21)23)14(24)22-4-2-3-9(8-22)11-6-12(20-19-11)15(16,17)18/h6,9-10H,2-5,7-8H2,1H3,(H,19,20)/t9-,10-/m1/s1. The van der Waals surface area contributed by atoms with Crippen LogP contribution in [0.3, 0.4) is 0 Å². The zero-order valence-corrected chi connectivity index (χ0v) is 13.3. The first-order valence-corrected chi connectivity index (χ1v) is 7.91. The molecule has 1 N–H and O–H groups in total. The van der Waals surface area contributed by atoms with Gasteiger partial charge in [-0.1, -0.05) is 0 Å². The van der Waals surface area contributed by atoms with Crippen LogP contribution < -0.4 is 0 Å². The number of hydrogen-bond donors (Lipinski definition) is 1. The SMILES string of the molecule is CN1C[C@H](C(=O)N2CCC[C@@H](c3cc(C(F)(F)F)n[nH]3)C2)CC1=O. The largest absolute Gasteiger partial charge is 0.435 e. The van der Waals surface area contributed by atoms with E-state index in [4.69, 9.17) is 0 Å². The molecule has 0 unspecified atom stereocenters. The van der Waals surface area contributed by atoms with E-state index >= 15 is 0 Å². The van der Waals surface area contributed by atoms with Gasteiger partial charge in [0.15, 0.2) is 5.69 Å². The fourth-order valence-electron chi connectivity index (χ4n) is 3.41. The average Bonchev–Trinajstić information content (AvgIpc) is 3.14. The van der Waals surface area contributed by atoms with Gasteiger partial charge in [0.2, 0.25) is 11.8 Å². The van der Waals surface area contributed by atoms with Gasteiger partial charge < -0.3 is 9.80 Å². The van der Waals surface area contributed by atoms with Crippen molar-refractivity contribution in [3.8, 4) is 0 Å². The number of carbonyl (C=O) groups excluding carboxylic acids is 2. The first-order chi connectivity index (χ1) is 11.3. The highest BCUT2D eigenvalue weighted by atomic mass is 19.4. The van der Waals surface area contributed by atoms with Crippen molar-refractivity contribution in [2.24, 2.45) is 5.92 Å². The third kappa shape index (κ3) is 3.25. The van der Waals surface area contributed by atoms with Crippen LogP contribution in [-0.4, -0.2) is 58.5 Å². The van der Waals surface area contributed by atoms with Crippen LogP contribution in [0.1, 0.15) is 36.6 Å². The van der Waals surface area contributed by atoms with Gasteiger partial charge in [-0.15, -0.1) is 0 Å². The van der Waals surface area contributed by atoms with Gasteiger partial charge in [-0.05, 0) is 18.9 Å². The molecule has 3 rings (SSSR count). The van der Waals surface area contributed by atoms with Gasteiger partial charge >= 0.3 is 6.18 Å². The number of likely N-dealkylation sites (tertiary alicyclic amines) is 2. The summed E-state index contributed by atoms with van der Waals surface area (Å²) >= 11 is 0. The van der Waals surface area contributed by atoms with Gasteiger partial charge in [-0.3, -0.25) is 14.7 Å². The monoisotopic (exact) mass is 344 g/mol. The number of amides is 2. The van der Waals surface area contributed by atoms with Crippen LogP contribution in [0.4, 0.5) is 13.2 Å². The van der Waals surface area contributed by atoms with Crippen LogP contribution in [0.25, 0.3) is 0 Å². The van der Waals surface area contributed by atoms with Gasteiger partial charge in [0.05, 0.1) is 5.92 Å². The van der Waals surface area contributed by atoms with Crippen molar-refractivity contribution in [1.29, 1.82) is 0 Å². The van der Waals surface area contributed by atoms with Gasteiger partial charge in [-0.25, -0.2) is 0 Å². The summed E-state index contributed by atoms with van der Waals surface area (Å²) in [6, 6.07) is 1.02. The smallest absolute Gasteiger partial charge is 0.345 e. The quantitative estimate of drug-likeness (QED) is 0.886. The molecule has 0 aromatic carbocycles. The topological polar surface area (TPSA) is 69.3 Å². The van der Waals surface area contributed by atoms with Crippen LogP contribution in [0, 0.1) is 5.92 Å². The Morgan fingerprint density at radius 2 is 2.12 bits per heavy atom. The summed E-state index contributed by atoms with van der Waals surface area (Å²) < 4.78 is 38.0. The minimum absolute atomic E-state index is 0.0507. The number of nitrogens with zero attached hydrogens (tertiary/aromatic N) is 3. The lowest BCUT2D eigenvalue weighted by molar-refractivity contribution is -0.141. The fourth-order valence-corrected chi connectivity index (χ4v) is 3.41. The van der Waals surface area contributed by atoms with Crippen LogP contribution >= 0.6 is 0 Å². The van der Waals surface area contributed by atoms with Crippen LogP contribution in [0.2, 0.25) is 0 Å². The lowest BCUT2D eigenvalue weighted by Crippen LogP contribution is -2.43. The highest BCUT2D eigenvalue weighted by Crippen LogP contribution is 2.32. The Morgan fingerprint density at radius 1 is 1.38 bits per heavy atom. The molecule has 2 amide bonds. The predicted octanol–water partition coefficient (Wildman–Crippen LogP) is 1.61. The van der Waals surface area contributed by atoms with E-state index in [1.807, 2.05) is 0 Å². The number of alkyl halides is 3. The number of rotatable bonds is 2. The molecule has 3 heterocycles. The van der Waals surface area contributed by atoms with Crippen molar-refractivity contribution in [2.75, 3.05) is 26.7 Å². The zero-order valence-electron chi connectivity index (χ0n) is 13.3. The summed E-state index contributed by atoms with van der Waals surface area (Å²) in [4.78, 5) is 27.4. The van der Waals surface area contributed by atoms with Crippen molar-refractivity contribution < 1.29 is 22.8 Å². The second-order valence-electron chi connectivity index (χ2n) is 6.50. The van der Waals surface area contributed by atoms with E-state index in [1.54, 1.807) is 11.9 Å². The highest BCUT2D eigenvalue weighted by molar-refractivity contribution is 5.89. The third-order valence-electron chi connectivity index (χ3n) is 4.75. The molecule has 2 aliphatic rings. The first kappa shape index (κ1) is 16.8. The number of aromatic amines is 1. The van der Waals surface area contributed by atoms with Crippen molar-refractivity contribution >= 4 is 11.8 Å². The molecule has 0 bridgehead atoms. The molecule has 0 saturated carbocycles. The lowest BCUT2D eigenvalue weighted by atomic mass is 9.93. The first-order valence-electron chi connectivity index (χ1n) is 7.91. The maximum atomic E-state index is 12.7. The van der Waals surface area contributed by atoms with Gasteiger partial charge in [0.25, 0.3) is 0 Å².